The van der Waals surface area contributed by atoms with Crippen molar-refractivity contribution in [1.29, 1.82) is 0 Å². The Kier molecular flexibility index (Phi) is 5.36. The van der Waals surface area contributed by atoms with Gasteiger partial charge in [0.15, 0.2) is 0 Å². The Hall–Kier alpha value is -0.610. The Labute approximate surface area is 170 Å². The van der Waals surface area contributed by atoms with Gasteiger partial charge >= 0.3 is 5.97 Å². The van der Waals surface area contributed by atoms with E-state index in [4.69, 9.17) is 10.8 Å². The topological polar surface area (TPSA) is 83.5 Å². The molecule has 0 aromatic heterocycles. The van der Waals surface area contributed by atoms with Crippen LogP contribution < -0.4 is 5.73 Å². The zero-order valence-corrected chi connectivity index (χ0v) is 18.1. The second-order valence-corrected chi connectivity index (χ2v) is 11.5. The Balaban J connectivity index is 1.55. The summed E-state index contributed by atoms with van der Waals surface area (Å²) in [7, 11) is 0. The molecule has 0 aromatic carbocycles. The van der Waals surface area contributed by atoms with Gasteiger partial charge in [0, 0.05) is 12.5 Å². The normalized spacial score (nSPS) is 51.7. The summed E-state index contributed by atoms with van der Waals surface area (Å²) in [6.07, 6.45) is 10.2. The summed E-state index contributed by atoms with van der Waals surface area (Å²) in [5.41, 5.74) is 6.93. The first-order valence-corrected chi connectivity index (χ1v) is 11.8. The molecule has 160 valence electrons. The van der Waals surface area contributed by atoms with Crippen molar-refractivity contribution < 1.29 is 15.0 Å². The van der Waals surface area contributed by atoms with Gasteiger partial charge in [-0.05, 0) is 104 Å². The minimum atomic E-state index is -0.674. The van der Waals surface area contributed by atoms with Crippen molar-refractivity contribution in [3.8, 4) is 0 Å². The second-order valence-electron chi connectivity index (χ2n) is 11.5. The monoisotopic (exact) mass is 391 g/mol. The number of carboxylic acids is 1. The van der Waals surface area contributed by atoms with Crippen LogP contribution in [0.4, 0.5) is 0 Å². The third-order valence-electron chi connectivity index (χ3n) is 10.3. The molecule has 0 saturated heterocycles. The molecule has 0 heterocycles. The molecule has 0 bridgehead atoms. The predicted octanol–water partition coefficient (Wildman–Crippen LogP) is 4.44. The average Bonchev–Trinajstić information content (AvgIpc) is 2.98. The molecule has 4 heteroatoms. The smallest absolute Gasteiger partial charge is 0.303 e. The second kappa shape index (κ2) is 7.27. The van der Waals surface area contributed by atoms with E-state index in [9.17, 15) is 9.90 Å². The van der Waals surface area contributed by atoms with E-state index in [0.717, 1.165) is 25.7 Å². The van der Waals surface area contributed by atoms with Crippen molar-refractivity contribution in [2.45, 2.75) is 97.1 Å². The number of aliphatic carboxylic acids is 1. The molecule has 10 unspecified atom stereocenters. The van der Waals surface area contributed by atoms with Gasteiger partial charge in [-0.15, -0.1) is 0 Å². The fourth-order valence-electron chi connectivity index (χ4n) is 8.78. The molecule has 4 aliphatic rings. The van der Waals surface area contributed by atoms with E-state index in [1.165, 1.54) is 32.1 Å². The number of rotatable bonds is 4. The van der Waals surface area contributed by atoms with Crippen LogP contribution in [-0.2, 0) is 4.79 Å². The summed E-state index contributed by atoms with van der Waals surface area (Å²) in [5.74, 6) is 2.66. The number of nitrogens with two attached hydrogens (primary N) is 1. The van der Waals surface area contributed by atoms with Crippen molar-refractivity contribution in [1.82, 2.24) is 0 Å². The first-order chi connectivity index (χ1) is 13.2. The molecule has 4 saturated carbocycles. The van der Waals surface area contributed by atoms with Crippen LogP contribution in [0.2, 0.25) is 0 Å². The first kappa shape index (κ1) is 20.7. The molecule has 4 rings (SSSR count). The van der Waals surface area contributed by atoms with Gasteiger partial charge in [-0.25, -0.2) is 0 Å². The predicted molar refractivity (Wildman–Crippen MR) is 111 cm³/mol. The zero-order valence-electron chi connectivity index (χ0n) is 18.1. The van der Waals surface area contributed by atoms with E-state index in [-0.39, 0.29) is 17.9 Å². The number of carboxylic acid groups (broad SMARTS) is 1. The highest BCUT2D eigenvalue weighted by Gasteiger charge is 2.62. The third kappa shape index (κ3) is 3.14. The molecule has 4 fully saturated rings. The van der Waals surface area contributed by atoms with Crippen molar-refractivity contribution in [3.05, 3.63) is 0 Å². The van der Waals surface area contributed by atoms with Crippen LogP contribution in [0.5, 0.6) is 0 Å². The number of aliphatic hydroxyl groups excluding tert-OH is 1. The molecule has 4 N–H and O–H groups in total. The maximum atomic E-state index is 11.3. The summed E-state index contributed by atoms with van der Waals surface area (Å²) in [4.78, 5) is 11.1. The highest BCUT2D eigenvalue weighted by molar-refractivity contribution is 5.66. The third-order valence-corrected chi connectivity index (χ3v) is 10.3. The highest BCUT2D eigenvalue weighted by Crippen LogP contribution is 2.68. The van der Waals surface area contributed by atoms with Crippen LogP contribution in [0.25, 0.3) is 0 Å². The van der Waals surface area contributed by atoms with Gasteiger partial charge in [-0.1, -0.05) is 20.8 Å². The summed E-state index contributed by atoms with van der Waals surface area (Å²) >= 11 is 0. The van der Waals surface area contributed by atoms with Gasteiger partial charge in [0.1, 0.15) is 0 Å². The summed E-state index contributed by atoms with van der Waals surface area (Å²) in [5, 5.41) is 20.4. The van der Waals surface area contributed by atoms with Gasteiger partial charge in [0.2, 0.25) is 0 Å². The standard InChI is InChI=1S/C24H41NO3/c1-14(4-7-21(27)28)17-5-6-18-22-19(9-11-24(17,18)3)23(2)10-8-16(25)12-15(23)13-20(22)26/h14-20,22,26H,4-13,25H2,1-3H3,(H,27,28). The van der Waals surface area contributed by atoms with E-state index < -0.39 is 5.97 Å². The minimum Gasteiger partial charge on any atom is -0.481 e. The molecule has 28 heavy (non-hydrogen) atoms. The van der Waals surface area contributed by atoms with Gasteiger partial charge in [-0.3, -0.25) is 4.79 Å². The minimum absolute atomic E-state index is 0.175. The van der Waals surface area contributed by atoms with Crippen molar-refractivity contribution in [2.24, 2.45) is 52.1 Å². The quantitative estimate of drug-likeness (QED) is 0.661. The van der Waals surface area contributed by atoms with E-state index in [1.807, 2.05) is 0 Å². The van der Waals surface area contributed by atoms with Crippen molar-refractivity contribution in [2.75, 3.05) is 0 Å². The van der Waals surface area contributed by atoms with Gasteiger partial charge in [-0.2, -0.15) is 0 Å². The van der Waals surface area contributed by atoms with Crippen LogP contribution in [0.3, 0.4) is 0 Å². The number of aliphatic hydroxyl groups is 1. The van der Waals surface area contributed by atoms with Gasteiger partial charge in [0.25, 0.3) is 0 Å². The summed E-state index contributed by atoms with van der Waals surface area (Å²) < 4.78 is 0. The largest absolute Gasteiger partial charge is 0.481 e. The molecule has 0 radical (unpaired) electrons. The Morgan fingerprint density at radius 1 is 1.07 bits per heavy atom. The number of hydrogen-bond acceptors (Lipinski definition) is 3. The molecule has 0 spiro atoms. The van der Waals surface area contributed by atoms with Crippen LogP contribution >= 0.6 is 0 Å². The molecule has 10 atom stereocenters. The number of hydrogen-bond donors (Lipinski definition) is 3. The van der Waals surface area contributed by atoms with Gasteiger partial charge < -0.3 is 15.9 Å². The molecular weight excluding hydrogens is 350 g/mol. The summed E-state index contributed by atoms with van der Waals surface area (Å²) in [6, 6.07) is 0.321. The number of carbonyl (C=O) groups is 1. The molecule has 4 nitrogen and oxygen atoms in total. The zero-order chi connectivity index (χ0) is 20.3. The SMILES string of the molecule is CC(CCC(=O)O)C1CCC2C3C(O)CC4CC(N)CCC4(C)C3CCC12C. The molecule has 0 aromatic rings. The Bertz CT molecular complexity index is 609. The van der Waals surface area contributed by atoms with E-state index in [1.54, 1.807) is 0 Å². The maximum absolute atomic E-state index is 11.3. The lowest BCUT2D eigenvalue weighted by atomic mass is 9.43. The Morgan fingerprint density at radius 2 is 1.75 bits per heavy atom. The van der Waals surface area contributed by atoms with Crippen LogP contribution in [-0.4, -0.2) is 28.3 Å². The molecule has 0 amide bonds. The van der Waals surface area contributed by atoms with Crippen molar-refractivity contribution in [3.63, 3.8) is 0 Å². The van der Waals surface area contributed by atoms with E-state index >= 15 is 0 Å². The lowest BCUT2D eigenvalue weighted by Gasteiger charge is -2.62. The van der Waals surface area contributed by atoms with Crippen LogP contribution in [0.15, 0.2) is 0 Å². The van der Waals surface area contributed by atoms with Crippen LogP contribution in [0.1, 0.15) is 85.0 Å². The van der Waals surface area contributed by atoms with Gasteiger partial charge in [0.05, 0.1) is 6.10 Å². The molecular formula is C24H41NO3. The highest BCUT2D eigenvalue weighted by atomic mass is 16.4. The lowest BCUT2D eigenvalue weighted by Crippen LogP contribution is -2.59. The lowest BCUT2D eigenvalue weighted by molar-refractivity contribution is -0.166. The average molecular weight is 392 g/mol. The first-order valence-electron chi connectivity index (χ1n) is 11.8. The van der Waals surface area contributed by atoms with Crippen molar-refractivity contribution >= 4 is 5.97 Å². The fraction of sp³-hybridized carbons (Fsp3) is 0.958. The van der Waals surface area contributed by atoms with E-state index in [2.05, 4.69) is 20.8 Å². The van der Waals surface area contributed by atoms with Crippen LogP contribution in [0, 0.1) is 46.3 Å². The molecule has 0 aliphatic heterocycles. The van der Waals surface area contributed by atoms with E-state index in [0.29, 0.717) is 47.0 Å². The Morgan fingerprint density at radius 3 is 2.46 bits per heavy atom. The number of fused-ring (bicyclic) bond motifs is 5. The summed E-state index contributed by atoms with van der Waals surface area (Å²) in [6.45, 7) is 7.25. The maximum Gasteiger partial charge on any atom is 0.303 e. The fourth-order valence-corrected chi connectivity index (χ4v) is 8.78. The molecule has 4 aliphatic carbocycles.